The van der Waals surface area contributed by atoms with Gasteiger partial charge in [-0.2, -0.15) is 0 Å². The Bertz CT molecular complexity index is 474. The van der Waals surface area contributed by atoms with Crippen LogP contribution in [0.5, 0.6) is 0 Å². The maximum absolute atomic E-state index is 12.4. The molecule has 22 heavy (non-hydrogen) atoms. The van der Waals surface area contributed by atoms with Gasteiger partial charge in [0.15, 0.2) is 0 Å². The first-order valence-corrected chi connectivity index (χ1v) is 8.29. The van der Waals surface area contributed by atoms with Crippen LogP contribution >= 0.6 is 12.4 Å². The number of halogens is 1. The quantitative estimate of drug-likeness (QED) is 0.928. The van der Waals surface area contributed by atoms with Gasteiger partial charge in [-0.15, -0.1) is 12.4 Å². The summed E-state index contributed by atoms with van der Waals surface area (Å²) in [6.45, 7) is 5.13. The standard InChI is InChI=1S/C18H26N2O.ClH/c1-14-4-6-15(7-5-14)13-18(21)20-11-8-16(9-12-20)17-3-2-10-19-17;/h4-7,16-17,19H,2-3,8-13H2,1H3;1H. The lowest BCUT2D eigenvalue weighted by molar-refractivity contribution is -0.132. The molecular weight excluding hydrogens is 296 g/mol. The average molecular weight is 323 g/mol. The van der Waals surface area contributed by atoms with Gasteiger partial charge in [0.25, 0.3) is 0 Å². The second-order valence-electron chi connectivity index (χ2n) is 6.58. The Hall–Kier alpha value is -1.06. The number of nitrogens with zero attached hydrogens (tertiary/aromatic N) is 1. The fourth-order valence-corrected chi connectivity index (χ4v) is 3.66. The third-order valence-electron chi connectivity index (χ3n) is 5.04. The first-order chi connectivity index (χ1) is 10.2. The van der Waals surface area contributed by atoms with E-state index in [0.717, 1.165) is 37.4 Å². The van der Waals surface area contributed by atoms with Crippen molar-refractivity contribution in [2.45, 2.75) is 45.1 Å². The van der Waals surface area contributed by atoms with Crippen LogP contribution in [0.25, 0.3) is 0 Å². The molecule has 0 aliphatic carbocycles. The van der Waals surface area contributed by atoms with Crippen molar-refractivity contribution in [1.29, 1.82) is 0 Å². The lowest BCUT2D eigenvalue weighted by Gasteiger charge is -2.35. The Balaban J connectivity index is 0.00000176. The van der Waals surface area contributed by atoms with Crippen LogP contribution < -0.4 is 5.32 Å². The van der Waals surface area contributed by atoms with Crippen molar-refractivity contribution in [3.63, 3.8) is 0 Å². The van der Waals surface area contributed by atoms with Crippen LogP contribution in [0.4, 0.5) is 0 Å². The largest absolute Gasteiger partial charge is 0.342 e. The van der Waals surface area contributed by atoms with Crippen molar-refractivity contribution in [3.8, 4) is 0 Å². The molecule has 2 aliphatic rings. The van der Waals surface area contributed by atoms with E-state index in [2.05, 4.69) is 41.4 Å². The smallest absolute Gasteiger partial charge is 0.226 e. The Morgan fingerprint density at radius 3 is 2.45 bits per heavy atom. The molecule has 0 spiro atoms. The molecule has 1 N–H and O–H groups in total. The van der Waals surface area contributed by atoms with Gasteiger partial charge < -0.3 is 10.2 Å². The minimum Gasteiger partial charge on any atom is -0.342 e. The van der Waals surface area contributed by atoms with E-state index in [1.165, 1.54) is 24.9 Å². The zero-order chi connectivity index (χ0) is 14.7. The van der Waals surface area contributed by atoms with Crippen molar-refractivity contribution in [1.82, 2.24) is 10.2 Å². The molecule has 1 aromatic rings. The zero-order valence-electron chi connectivity index (χ0n) is 13.4. The SMILES string of the molecule is Cc1ccc(CC(=O)N2CCC(C3CCCN3)CC2)cc1.Cl. The van der Waals surface area contributed by atoms with Crippen molar-refractivity contribution >= 4 is 18.3 Å². The van der Waals surface area contributed by atoms with Crippen LogP contribution in [-0.2, 0) is 11.2 Å². The van der Waals surface area contributed by atoms with Crippen molar-refractivity contribution in [3.05, 3.63) is 35.4 Å². The van der Waals surface area contributed by atoms with E-state index in [-0.39, 0.29) is 18.3 Å². The number of rotatable bonds is 3. The van der Waals surface area contributed by atoms with Gasteiger partial charge in [-0.3, -0.25) is 4.79 Å². The summed E-state index contributed by atoms with van der Waals surface area (Å²) in [5, 5.41) is 3.61. The molecule has 2 heterocycles. The second-order valence-corrected chi connectivity index (χ2v) is 6.58. The molecule has 1 atom stereocenters. The van der Waals surface area contributed by atoms with Crippen molar-refractivity contribution in [2.24, 2.45) is 5.92 Å². The summed E-state index contributed by atoms with van der Waals surface area (Å²) in [7, 11) is 0. The highest BCUT2D eigenvalue weighted by molar-refractivity contribution is 5.85. The van der Waals surface area contributed by atoms with Crippen LogP contribution in [0, 0.1) is 12.8 Å². The third-order valence-corrected chi connectivity index (χ3v) is 5.04. The third kappa shape index (κ3) is 4.23. The molecule has 1 unspecified atom stereocenters. The van der Waals surface area contributed by atoms with Crippen LogP contribution in [0.15, 0.2) is 24.3 Å². The Morgan fingerprint density at radius 1 is 1.18 bits per heavy atom. The topological polar surface area (TPSA) is 32.3 Å². The Labute approximate surface area is 139 Å². The second kappa shape index (κ2) is 7.98. The van der Waals surface area contributed by atoms with E-state index in [9.17, 15) is 4.79 Å². The maximum Gasteiger partial charge on any atom is 0.226 e. The highest BCUT2D eigenvalue weighted by atomic mass is 35.5. The maximum atomic E-state index is 12.4. The molecule has 0 radical (unpaired) electrons. The number of carbonyl (C=O) groups excluding carboxylic acids is 1. The molecule has 4 heteroatoms. The van der Waals surface area contributed by atoms with E-state index >= 15 is 0 Å². The number of hydrogen-bond acceptors (Lipinski definition) is 2. The number of likely N-dealkylation sites (tertiary alicyclic amines) is 1. The molecule has 0 aromatic heterocycles. The molecular formula is C18H27ClN2O. The molecule has 3 nitrogen and oxygen atoms in total. The Kier molecular flexibility index (Phi) is 6.27. The van der Waals surface area contributed by atoms with E-state index in [4.69, 9.17) is 0 Å². The molecule has 122 valence electrons. The molecule has 0 saturated carbocycles. The van der Waals surface area contributed by atoms with Crippen molar-refractivity contribution < 1.29 is 4.79 Å². The predicted molar refractivity (Wildman–Crippen MR) is 92.5 cm³/mol. The summed E-state index contributed by atoms with van der Waals surface area (Å²) in [4.78, 5) is 14.5. The number of benzene rings is 1. The lowest BCUT2D eigenvalue weighted by Crippen LogP contribution is -2.43. The first kappa shape index (κ1) is 17.3. The van der Waals surface area contributed by atoms with Gasteiger partial charge in [0, 0.05) is 19.1 Å². The van der Waals surface area contributed by atoms with Gasteiger partial charge in [-0.25, -0.2) is 0 Å². The van der Waals surface area contributed by atoms with Crippen LogP contribution in [0.3, 0.4) is 0 Å². The highest BCUT2D eigenvalue weighted by Gasteiger charge is 2.29. The van der Waals surface area contributed by atoms with Gasteiger partial charge in [0.05, 0.1) is 6.42 Å². The lowest BCUT2D eigenvalue weighted by atomic mass is 9.88. The number of piperidine rings is 1. The summed E-state index contributed by atoms with van der Waals surface area (Å²) in [6.07, 6.45) is 5.51. The normalized spacial score (nSPS) is 22.4. The average Bonchev–Trinajstić information content (AvgIpc) is 3.04. The first-order valence-electron chi connectivity index (χ1n) is 8.29. The summed E-state index contributed by atoms with van der Waals surface area (Å²) in [5.74, 6) is 1.06. The predicted octanol–water partition coefficient (Wildman–Crippen LogP) is 2.95. The fourth-order valence-electron chi connectivity index (χ4n) is 3.66. The number of aryl methyl sites for hydroxylation is 1. The zero-order valence-corrected chi connectivity index (χ0v) is 14.2. The number of nitrogens with one attached hydrogen (secondary N) is 1. The summed E-state index contributed by atoms with van der Waals surface area (Å²) >= 11 is 0. The Morgan fingerprint density at radius 2 is 1.86 bits per heavy atom. The summed E-state index contributed by atoms with van der Waals surface area (Å²) in [6, 6.07) is 9.02. The van der Waals surface area contributed by atoms with Gasteiger partial charge in [0.1, 0.15) is 0 Å². The number of carbonyl (C=O) groups is 1. The molecule has 3 rings (SSSR count). The van der Waals surface area contributed by atoms with Crippen LogP contribution in [-0.4, -0.2) is 36.5 Å². The minimum atomic E-state index is 0. The van der Waals surface area contributed by atoms with E-state index < -0.39 is 0 Å². The van der Waals surface area contributed by atoms with Gasteiger partial charge >= 0.3 is 0 Å². The molecule has 1 amide bonds. The highest BCUT2D eigenvalue weighted by Crippen LogP contribution is 2.25. The molecule has 0 bridgehead atoms. The van der Waals surface area contributed by atoms with E-state index in [0.29, 0.717) is 12.5 Å². The van der Waals surface area contributed by atoms with E-state index in [1.807, 2.05) is 0 Å². The van der Waals surface area contributed by atoms with Gasteiger partial charge in [-0.1, -0.05) is 29.8 Å². The molecule has 2 aliphatic heterocycles. The van der Waals surface area contributed by atoms with Gasteiger partial charge in [0.2, 0.25) is 5.91 Å². The summed E-state index contributed by atoms with van der Waals surface area (Å²) in [5.41, 5.74) is 2.38. The number of hydrogen-bond donors (Lipinski definition) is 1. The van der Waals surface area contributed by atoms with Crippen LogP contribution in [0.2, 0.25) is 0 Å². The van der Waals surface area contributed by atoms with E-state index in [1.54, 1.807) is 0 Å². The fraction of sp³-hybridized carbons (Fsp3) is 0.611. The summed E-state index contributed by atoms with van der Waals surface area (Å²) < 4.78 is 0. The van der Waals surface area contributed by atoms with Crippen LogP contribution in [0.1, 0.15) is 36.8 Å². The monoisotopic (exact) mass is 322 g/mol. The number of amides is 1. The van der Waals surface area contributed by atoms with Crippen molar-refractivity contribution in [2.75, 3.05) is 19.6 Å². The minimum absolute atomic E-state index is 0. The van der Waals surface area contributed by atoms with Gasteiger partial charge in [-0.05, 0) is 50.6 Å². The molecule has 2 fully saturated rings. The molecule has 2 saturated heterocycles. The molecule has 1 aromatic carbocycles.